The summed E-state index contributed by atoms with van der Waals surface area (Å²) in [5, 5.41) is 0.134. The fourth-order valence-electron chi connectivity index (χ4n) is 4.85. The van der Waals surface area contributed by atoms with Gasteiger partial charge in [-0.2, -0.15) is 0 Å². The highest BCUT2D eigenvalue weighted by molar-refractivity contribution is 6.74. The molecule has 0 spiro atoms. The maximum absolute atomic E-state index is 13.8. The number of fused-ring (bicyclic) bond motifs is 7. The van der Waals surface area contributed by atoms with Gasteiger partial charge in [-0.3, -0.25) is 4.79 Å². The van der Waals surface area contributed by atoms with Crippen molar-refractivity contribution in [3.05, 3.63) is 23.3 Å². The average molecular weight is 419 g/mol. The van der Waals surface area contributed by atoms with Crippen molar-refractivity contribution in [1.29, 1.82) is 0 Å². The van der Waals surface area contributed by atoms with Gasteiger partial charge in [0.2, 0.25) is 0 Å². The van der Waals surface area contributed by atoms with Crippen LogP contribution in [0, 0.1) is 29.6 Å². The summed E-state index contributed by atoms with van der Waals surface area (Å²) in [6.07, 6.45) is 9.03. The Morgan fingerprint density at radius 3 is 2.31 bits per heavy atom. The fraction of sp³-hybridized carbons (Fsp3) is 0.808. The van der Waals surface area contributed by atoms with E-state index < -0.39 is 8.32 Å². The molecule has 0 radical (unpaired) electrons. The van der Waals surface area contributed by atoms with Gasteiger partial charge in [-0.15, -0.1) is 0 Å². The van der Waals surface area contributed by atoms with Crippen LogP contribution in [0.25, 0.3) is 0 Å². The largest absolute Gasteiger partial charge is 0.410 e. The standard InChI is InChI=1S/C26H46O2Si/c1-17(2)22-16-21-15-14-18(3)12-11-13-19(4)25(23(22)24(27)20(21)5)28-29(9,10)26(6,7)8/h13-14,17,20-23,25H,11-12,15-16H2,1-10H3/b18-14-,19-13-/t20-,21+,22-,23-,25-/m0/s1. The van der Waals surface area contributed by atoms with Gasteiger partial charge in [0.05, 0.1) is 6.10 Å². The van der Waals surface area contributed by atoms with Crippen LogP contribution in [-0.4, -0.2) is 20.2 Å². The number of hydrogen-bond donors (Lipinski definition) is 0. The maximum atomic E-state index is 13.8. The van der Waals surface area contributed by atoms with Gasteiger partial charge in [-0.25, -0.2) is 0 Å². The summed E-state index contributed by atoms with van der Waals surface area (Å²) in [6, 6.07) is 0. The van der Waals surface area contributed by atoms with Gasteiger partial charge < -0.3 is 4.43 Å². The zero-order valence-electron chi connectivity index (χ0n) is 20.8. The first kappa shape index (κ1) is 24.6. The van der Waals surface area contributed by atoms with E-state index in [9.17, 15) is 4.79 Å². The number of carbonyl (C=O) groups is 1. The summed E-state index contributed by atoms with van der Waals surface area (Å²) in [5.41, 5.74) is 2.73. The molecule has 2 bridgehead atoms. The Hall–Kier alpha value is -0.673. The molecule has 0 N–H and O–H groups in total. The van der Waals surface area contributed by atoms with Crippen LogP contribution in [0.4, 0.5) is 0 Å². The monoisotopic (exact) mass is 418 g/mol. The van der Waals surface area contributed by atoms with Crippen LogP contribution in [0.5, 0.6) is 0 Å². The summed E-state index contributed by atoms with van der Waals surface area (Å²) in [5.74, 6) is 1.93. The third-order valence-corrected chi connectivity index (χ3v) is 12.6. The highest BCUT2D eigenvalue weighted by Crippen LogP contribution is 2.47. The normalized spacial score (nSPS) is 36.1. The van der Waals surface area contributed by atoms with Crippen LogP contribution in [0.1, 0.15) is 81.1 Å². The molecule has 3 aliphatic carbocycles. The van der Waals surface area contributed by atoms with E-state index in [1.807, 2.05) is 0 Å². The molecule has 0 aromatic heterocycles. The number of ketones is 1. The van der Waals surface area contributed by atoms with Crippen molar-refractivity contribution < 1.29 is 9.22 Å². The Labute approximate surface area is 181 Å². The maximum Gasteiger partial charge on any atom is 0.192 e. The molecule has 29 heavy (non-hydrogen) atoms. The molecule has 0 unspecified atom stereocenters. The molecule has 3 aliphatic rings. The minimum absolute atomic E-state index is 0.00359. The van der Waals surface area contributed by atoms with E-state index in [0.717, 1.165) is 25.7 Å². The van der Waals surface area contributed by atoms with E-state index in [-0.39, 0.29) is 23.0 Å². The predicted octanol–water partition coefficient (Wildman–Crippen LogP) is 7.57. The van der Waals surface area contributed by atoms with E-state index in [2.05, 4.69) is 80.6 Å². The van der Waals surface area contributed by atoms with Gasteiger partial charge in [0.25, 0.3) is 0 Å². The topological polar surface area (TPSA) is 26.3 Å². The van der Waals surface area contributed by atoms with Crippen molar-refractivity contribution in [2.24, 2.45) is 29.6 Å². The minimum Gasteiger partial charge on any atom is -0.410 e. The van der Waals surface area contributed by atoms with Gasteiger partial charge >= 0.3 is 0 Å². The first-order valence-corrected chi connectivity index (χ1v) is 14.7. The Balaban J connectivity index is 2.57. The van der Waals surface area contributed by atoms with Crippen LogP contribution in [0.2, 0.25) is 18.1 Å². The predicted molar refractivity (Wildman–Crippen MR) is 128 cm³/mol. The molecule has 166 valence electrons. The Morgan fingerprint density at radius 2 is 1.76 bits per heavy atom. The van der Waals surface area contributed by atoms with Crippen LogP contribution >= 0.6 is 0 Å². The number of Topliss-reactive ketones (excluding diaryl/α,β-unsaturated/α-hetero) is 1. The van der Waals surface area contributed by atoms with Crippen molar-refractivity contribution in [2.75, 3.05) is 0 Å². The van der Waals surface area contributed by atoms with E-state index in [1.165, 1.54) is 11.1 Å². The summed E-state index contributed by atoms with van der Waals surface area (Å²) in [7, 11) is -2.00. The van der Waals surface area contributed by atoms with Gasteiger partial charge in [0, 0.05) is 11.8 Å². The Bertz CT molecular complexity index is 650. The number of carbonyl (C=O) groups excluding carboxylic acids is 1. The van der Waals surface area contributed by atoms with Gasteiger partial charge in [0.15, 0.2) is 8.32 Å². The van der Waals surface area contributed by atoms with Crippen LogP contribution in [0.3, 0.4) is 0 Å². The molecule has 1 fully saturated rings. The molecule has 3 rings (SSSR count). The second-order valence-electron chi connectivity index (χ2n) is 11.7. The van der Waals surface area contributed by atoms with Crippen molar-refractivity contribution in [2.45, 2.75) is 105 Å². The molecule has 0 heterocycles. The lowest BCUT2D eigenvalue weighted by molar-refractivity contribution is -0.139. The van der Waals surface area contributed by atoms with E-state index >= 15 is 0 Å². The highest BCUT2D eigenvalue weighted by Gasteiger charge is 2.49. The van der Waals surface area contributed by atoms with Gasteiger partial charge in [-0.05, 0) is 81.0 Å². The fourth-order valence-corrected chi connectivity index (χ4v) is 6.17. The molecule has 0 aromatic rings. The number of hydrogen-bond acceptors (Lipinski definition) is 2. The second-order valence-corrected chi connectivity index (χ2v) is 16.4. The van der Waals surface area contributed by atoms with Crippen LogP contribution in [-0.2, 0) is 9.22 Å². The van der Waals surface area contributed by atoms with Crippen LogP contribution in [0.15, 0.2) is 23.3 Å². The summed E-state index contributed by atoms with van der Waals surface area (Å²) >= 11 is 0. The smallest absolute Gasteiger partial charge is 0.192 e. The molecule has 0 aromatic carbocycles. The lowest BCUT2D eigenvalue weighted by atomic mass is 9.61. The van der Waals surface area contributed by atoms with E-state index in [4.69, 9.17) is 4.43 Å². The second kappa shape index (κ2) is 9.22. The van der Waals surface area contributed by atoms with Gasteiger partial charge in [0.1, 0.15) is 5.78 Å². The Kier molecular flexibility index (Phi) is 7.82. The quantitative estimate of drug-likeness (QED) is 0.349. The molecule has 0 saturated heterocycles. The first-order chi connectivity index (χ1) is 13.3. The van der Waals surface area contributed by atoms with Crippen molar-refractivity contribution in [3.63, 3.8) is 0 Å². The lowest BCUT2D eigenvalue weighted by Gasteiger charge is -2.48. The zero-order chi connectivity index (χ0) is 22.1. The van der Waals surface area contributed by atoms with Crippen molar-refractivity contribution >= 4 is 14.1 Å². The van der Waals surface area contributed by atoms with Gasteiger partial charge in [-0.1, -0.05) is 59.3 Å². The highest BCUT2D eigenvalue weighted by atomic mass is 28.4. The molecular weight excluding hydrogens is 372 g/mol. The minimum atomic E-state index is -2.00. The summed E-state index contributed by atoms with van der Waals surface area (Å²) in [6.45, 7) is 22.8. The van der Waals surface area contributed by atoms with Crippen molar-refractivity contribution in [1.82, 2.24) is 0 Å². The van der Waals surface area contributed by atoms with Crippen molar-refractivity contribution in [3.8, 4) is 0 Å². The third-order valence-electron chi connectivity index (χ3n) is 8.15. The number of rotatable bonds is 3. The molecule has 2 nitrogen and oxygen atoms in total. The molecule has 0 amide bonds. The Morgan fingerprint density at radius 1 is 1.14 bits per heavy atom. The first-order valence-electron chi connectivity index (χ1n) is 11.8. The number of allylic oxidation sites excluding steroid dienone is 3. The summed E-state index contributed by atoms with van der Waals surface area (Å²) < 4.78 is 7.05. The third kappa shape index (κ3) is 5.52. The lowest BCUT2D eigenvalue weighted by Crippen LogP contribution is -2.53. The molecule has 3 heteroatoms. The molecule has 0 aliphatic heterocycles. The van der Waals surface area contributed by atoms with Crippen LogP contribution < -0.4 is 0 Å². The molecule has 1 saturated carbocycles. The zero-order valence-corrected chi connectivity index (χ0v) is 21.8. The van der Waals surface area contributed by atoms with E-state index in [0.29, 0.717) is 23.5 Å². The molecule has 5 atom stereocenters. The average Bonchev–Trinajstić information content (AvgIpc) is 2.59. The summed E-state index contributed by atoms with van der Waals surface area (Å²) in [4.78, 5) is 13.8. The SMILES string of the molecule is C/C1=C/C[C@@H]2C[C@@H](C(C)C)[C@@H](C(=O)[C@H]2C)[C@@H](O[Si](C)(C)C(C)(C)C)/C(C)=C\CC1. The molecular formula is C26H46O2Si. The van der Waals surface area contributed by atoms with E-state index in [1.54, 1.807) is 0 Å².